The second-order valence-corrected chi connectivity index (χ2v) is 8.95. The Morgan fingerprint density at radius 3 is 2.67 bits per heavy atom. The summed E-state index contributed by atoms with van der Waals surface area (Å²) in [5.74, 6) is 1.66. The van der Waals surface area contributed by atoms with Gasteiger partial charge < -0.3 is 20.3 Å². The van der Waals surface area contributed by atoms with E-state index in [1.54, 1.807) is 7.11 Å². The van der Waals surface area contributed by atoms with Gasteiger partial charge in [-0.2, -0.15) is 0 Å². The molecule has 1 atom stereocenters. The van der Waals surface area contributed by atoms with E-state index in [9.17, 15) is 0 Å². The summed E-state index contributed by atoms with van der Waals surface area (Å²) >= 11 is 0. The van der Waals surface area contributed by atoms with Gasteiger partial charge in [0.2, 0.25) is 0 Å². The van der Waals surface area contributed by atoms with Gasteiger partial charge in [-0.25, -0.2) is 0 Å². The Hall–Kier alpha value is -0.860. The summed E-state index contributed by atoms with van der Waals surface area (Å²) in [5.41, 5.74) is 1.82. The number of benzene rings is 1. The lowest BCUT2D eigenvalue weighted by Crippen LogP contribution is -2.45. The van der Waals surface area contributed by atoms with Crippen molar-refractivity contribution in [3.63, 3.8) is 0 Å². The van der Waals surface area contributed by atoms with E-state index in [2.05, 4.69) is 50.9 Å². The van der Waals surface area contributed by atoms with Crippen LogP contribution in [0.25, 0.3) is 0 Å². The van der Waals surface area contributed by atoms with Crippen LogP contribution >= 0.6 is 24.0 Å². The SMILES string of the molecule is CN=C(NCC1CCN(CCc2ccccc2)C1)NCC1(CCOC)CCCC1.I. The fourth-order valence-corrected chi connectivity index (χ4v) is 4.91. The average molecular weight is 529 g/mol. The van der Waals surface area contributed by atoms with Crippen LogP contribution in [-0.2, 0) is 11.2 Å². The third-order valence-corrected chi connectivity index (χ3v) is 6.84. The number of ether oxygens (including phenoxy) is 1. The first-order valence-corrected chi connectivity index (χ1v) is 11.4. The van der Waals surface area contributed by atoms with Gasteiger partial charge in [0, 0.05) is 46.9 Å². The number of guanidine groups is 1. The zero-order valence-corrected chi connectivity index (χ0v) is 21.2. The summed E-state index contributed by atoms with van der Waals surface area (Å²) < 4.78 is 5.36. The van der Waals surface area contributed by atoms with Crippen LogP contribution in [0.5, 0.6) is 0 Å². The zero-order valence-electron chi connectivity index (χ0n) is 18.9. The van der Waals surface area contributed by atoms with Gasteiger partial charge in [-0.05, 0) is 55.5 Å². The molecule has 3 rings (SSSR count). The Bertz CT molecular complexity index is 619. The largest absolute Gasteiger partial charge is 0.385 e. The lowest BCUT2D eigenvalue weighted by atomic mass is 9.83. The highest BCUT2D eigenvalue weighted by Crippen LogP contribution is 2.40. The van der Waals surface area contributed by atoms with Crippen molar-refractivity contribution in [1.29, 1.82) is 0 Å². The van der Waals surface area contributed by atoms with Crippen molar-refractivity contribution in [3.8, 4) is 0 Å². The van der Waals surface area contributed by atoms with E-state index < -0.39 is 0 Å². The van der Waals surface area contributed by atoms with E-state index in [1.165, 1.54) is 50.8 Å². The predicted octanol–water partition coefficient (Wildman–Crippen LogP) is 3.93. The Balaban J connectivity index is 0.00000320. The molecular weight excluding hydrogens is 487 g/mol. The summed E-state index contributed by atoms with van der Waals surface area (Å²) in [7, 11) is 3.69. The van der Waals surface area contributed by atoms with Gasteiger partial charge in [0.25, 0.3) is 0 Å². The molecule has 170 valence electrons. The number of rotatable bonds is 10. The van der Waals surface area contributed by atoms with Crippen molar-refractivity contribution in [2.24, 2.45) is 16.3 Å². The molecule has 0 bridgehead atoms. The Morgan fingerprint density at radius 2 is 1.97 bits per heavy atom. The zero-order chi connectivity index (χ0) is 20.4. The van der Waals surface area contributed by atoms with Gasteiger partial charge in [0.05, 0.1) is 0 Å². The fourth-order valence-electron chi connectivity index (χ4n) is 4.91. The maximum Gasteiger partial charge on any atom is 0.191 e. The molecule has 6 heteroatoms. The average Bonchev–Trinajstić information content (AvgIpc) is 3.42. The number of hydrogen-bond acceptors (Lipinski definition) is 3. The second kappa shape index (κ2) is 13.5. The van der Waals surface area contributed by atoms with Crippen molar-refractivity contribution < 1.29 is 4.74 Å². The molecule has 2 N–H and O–H groups in total. The van der Waals surface area contributed by atoms with Crippen LogP contribution < -0.4 is 10.6 Å². The van der Waals surface area contributed by atoms with Crippen molar-refractivity contribution in [2.45, 2.75) is 44.9 Å². The van der Waals surface area contributed by atoms with Gasteiger partial charge in [-0.3, -0.25) is 4.99 Å². The highest BCUT2D eigenvalue weighted by atomic mass is 127. The van der Waals surface area contributed by atoms with E-state index in [4.69, 9.17) is 4.74 Å². The molecule has 5 nitrogen and oxygen atoms in total. The molecule has 0 spiro atoms. The highest BCUT2D eigenvalue weighted by molar-refractivity contribution is 14.0. The minimum atomic E-state index is 0. The number of nitrogens with one attached hydrogen (secondary N) is 2. The topological polar surface area (TPSA) is 48.9 Å². The number of aliphatic imine (C=N–C) groups is 1. The van der Waals surface area contributed by atoms with Crippen LogP contribution in [0.15, 0.2) is 35.3 Å². The fraction of sp³-hybridized carbons (Fsp3) is 0.708. The smallest absolute Gasteiger partial charge is 0.191 e. The predicted molar refractivity (Wildman–Crippen MR) is 137 cm³/mol. The molecule has 1 aromatic carbocycles. The van der Waals surface area contributed by atoms with E-state index in [0.717, 1.165) is 45.0 Å². The summed E-state index contributed by atoms with van der Waals surface area (Å²) in [6, 6.07) is 10.8. The molecule has 0 aromatic heterocycles. The Kier molecular flexibility index (Phi) is 11.5. The molecule has 1 saturated carbocycles. The molecule has 2 aliphatic rings. The van der Waals surface area contributed by atoms with Crippen LogP contribution in [0.3, 0.4) is 0 Å². The summed E-state index contributed by atoms with van der Waals surface area (Å²) in [6.45, 7) is 6.43. The van der Waals surface area contributed by atoms with Crippen molar-refractivity contribution in [2.75, 3.05) is 53.5 Å². The molecule has 2 fully saturated rings. The third kappa shape index (κ3) is 8.00. The van der Waals surface area contributed by atoms with Crippen LogP contribution in [0.1, 0.15) is 44.1 Å². The standard InChI is InChI=1S/C24H40N4O.HI/c1-25-23(27-20-24(14-17-29-2)12-6-7-13-24)26-18-22-11-16-28(19-22)15-10-21-8-4-3-5-9-21;/h3-5,8-9,22H,6-7,10-20H2,1-2H3,(H2,25,26,27);1H. The molecule has 1 heterocycles. The lowest BCUT2D eigenvalue weighted by molar-refractivity contribution is 0.138. The van der Waals surface area contributed by atoms with Crippen LogP contribution in [-0.4, -0.2) is 64.3 Å². The van der Waals surface area contributed by atoms with Crippen molar-refractivity contribution >= 4 is 29.9 Å². The van der Waals surface area contributed by atoms with E-state index in [-0.39, 0.29) is 24.0 Å². The maximum absolute atomic E-state index is 5.36. The summed E-state index contributed by atoms with van der Waals surface area (Å²) in [4.78, 5) is 7.07. The maximum atomic E-state index is 5.36. The quantitative estimate of drug-likeness (QED) is 0.275. The number of nitrogens with zero attached hydrogens (tertiary/aromatic N) is 2. The summed E-state index contributed by atoms with van der Waals surface area (Å²) in [6.07, 6.45) is 8.87. The minimum absolute atomic E-state index is 0. The first-order chi connectivity index (χ1) is 14.2. The second-order valence-electron chi connectivity index (χ2n) is 8.95. The van der Waals surface area contributed by atoms with Gasteiger partial charge >= 0.3 is 0 Å². The van der Waals surface area contributed by atoms with Crippen LogP contribution in [0.2, 0.25) is 0 Å². The minimum Gasteiger partial charge on any atom is -0.385 e. The molecule has 1 saturated heterocycles. The molecule has 0 radical (unpaired) electrons. The van der Waals surface area contributed by atoms with Gasteiger partial charge in [0.15, 0.2) is 5.96 Å². The number of halogens is 1. The number of hydrogen-bond donors (Lipinski definition) is 2. The molecule has 1 unspecified atom stereocenters. The molecule has 1 aliphatic heterocycles. The molecular formula is C24H41IN4O. The number of likely N-dealkylation sites (tertiary alicyclic amines) is 1. The van der Waals surface area contributed by atoms with E-state index in [0.29, 0.717) is 11.3 Å². The third-order valence-electron chi connectivity index (χ3n) is 6.84. The molecule has 30 heavy (non-hydrogen) atoms. The van der Waals surface area contributed by atoms with Crippen LogP contribution in [0.4, 0.5) is 0 Å². The monoisotopic (exact) mass is 528 g/mol. The normalized spacial score (nSPS) is 21.4. The van der Waals surface area contributed by atoms with Gasteiger partial charge in [-0.15, -0.1) is 24.0 Å². The Morgan fingerprint density at radius 1 is 1.20 bits per heavy atom. The highest BCUT2D eigenvalue weighted by Gasteiger charge is 2.33. The lowest BCUT2D eigenvalue weighted by Gasteiger charge is -2.30. The van der Waals surface area contributed by atoms with E-state index in [1.807, 2.05) is 7.05 Å². The van der Waals surface area contributed by atoms with E-state index >= 15 is 0 Å². The van der Waals surface area contributed by atoms with Crippen molar-refractivity contribution in [1.82, 2.24) is 15.5 Å². The summed E-state index contributed by atoms with van der Waals surface area (Å²) in [5, 5.41) is 7.20. The number of methoxy groups -OCH3 is 1. The molecule has 1 aliphatic carbocycles. The first kappa shape index (κ1) is 25.4. The first-order valence-electron chi connectivity index (χ1n) is 11.4. The molecule has 0 amide bonds. The van der Waals surface area contributed by atoms with Crippen molar-refractivity contribution in [3.05, 3.63) is 35.9 Å². The Labute approximate surface area is 200 Å². The van der Waals surface area contributed by atoms with Gasteiger partial charge in [0.1, 0.15) is 0 Å². The van der Waals surface area contributed by atoms with Gasteiger partial charge in [-0.1, -0.05) is 43.2 Å². The molecule has 1 aromatic rings. The van der Waals surface area contributed by atoms with Crippen LogP contribution in [0, 0.1) is 11.3 Å².